The molecule has 0 aromatic rings. The van der Waals surface area contributed by atoms with Gasteiger partial charge >= 0.3 is 0 Å². The molecule has 248 valence electrons. The van der Waals surface area contributed by atoms with E-state index in [2.05, 4.69) is 26.0 Å². The van der Waals surface area contributed by atoms with Crippen LogP contribution in [0.25, 0.3) is 0 Å². The number of aliphatic hydroxyl groups is 6. The number of carbonyl (C=O) groups excluding carboxylic acids is 1. The van der Waals surface area contributed by atoms with Gasteiger partial charge in [-0.25, -0.2) is 0 Å². The van der Waals surface area contributed by atoms with Crippen molar-refractivity contribution in [1.29, 1.82) is 0 Å². The third-order valence-corrected chi connectivity index (χ3v) is 12.3. The van der Waals surface area contributed by atoms with E-state index >= 15 is 0 Å². The molecule has 6 rings (SSSR count). The number of hydrogen-bond donors (Lipinski definition) is 6. The van der Waals surface area contributed by atoms with Crippen molar-refractivity contribution in [3.63, 3.8) is 0 Å². The molecule has 0 aromatic carbocycles. The SMILES string of the molecule is CC(=O)C1=CCC2C3CC=C4CC(OC5OC(CO)C(OC6OC(C)C(O)C(O)C6O)C(O)C5O)CCC4(C)C3CCC12C. The summed E-state index contributed by atoms with van der Waals surface area (Å²) >= 11 is 0. The molecule has 0 bridgehead atoms. The smallest absolute Gasteiger partial charge is 0.187 e. The van der Waals surface area contributed by atoms with Crippen LogP contribution in [0.5, 0.6) is 0 Å². The van der Waals surface area contributed by atoms with Crippen molar-refractivity contribution in [1.82, 2.24) is 0 Å². The van der Waals surface area contributed by atoms with Gasteiger partial charge in [0.1, 0.15) is 42.7 Å². The predicted octanol–water partition coefficient (Wildman–Crippen LogP) is 1.11. The molecule has 6 N–H and O–H groups in total. The molecule has 44 heavy (non-hydrogen) atoms. The van der Waals surface area contributed by atoms with Crippen molar-refractivity contribution >= 4 is 5.78 Å². The van der Waals surface area contributed by atoms with Gasteiger partial charge in [0, 0.05) is 0 Å². The van der Waals surface area contributed by atoms with E-state index in [-0.39, 0.29) is 22.7 Å². The Morgan fingerprint density at radius 3 is 2.25 bits per heavy atom. The first-order chi connectivity index (χ1) is 20.8. The standard InChI is InChI=1S/C33H50O11/c1-15(35)20-7-8-21-19-6-5-17-13-18(9-11-32(17,3)22(19)10-12-33(20,21)4)42-31-28(40)26(38)29(23(14-34)43-31)44-30-27(39)25(37)24(36)16(2)41-30/h5,7,16,18-19,21-31,34,36-40H,6,8-14H2,1-4H3. The highest BCUT2D eigenvalue weighted by molar-refractivity contribution is 5.95. The topological polar surface area (TPSA) is 175 Å². The van der Waals surface area contributed by atoms with Crippen LogP contribution in [0.3, 0.4) is 0 Å². The lowest BCUT2D eigenvalue weighted by atomic mass is 9.47. The normalized spacial score (nSPS) is 52.3. The van der Waals surface area contributed by atoms with Gasteiger partial charge in [-0.2, -0.15) is 0 Å². The average Bonchev–Trinajstić information content (AvgIpc) is 3.36. The molecule has 2 heterocycles. The molecule has 2 aliphatic heterocycles. The number of ketones is 1. The Morgan fingerprint density at radius 2 is 1.55 bits per heavy atom. The van der Waals surface area contributed by atoms with Crippen LogP contribution < -0.4 is 0 Å². The summed E-state index contributed by atoms with van der Waals surface area (Å²) in [5.41, 5.74) is 2.39. The molecule has 2 saturated carbocycles. The van der Waals surface area contributed by atoms with E-state index < -0.39 is 68.0 Å². The fraction of sp³-hybridized carbons (Fsp3) is 0.848. The Balaban J connectivity index is 1.10. The summed E-state index contributed by atoms with van der Waals surface area (Å²) in [6.45, 7) is 7.31. The van der Waals surface area contributed by atoms with Crippen molar-refractivity contribution in [3.8, 4) is 0 Å². The van der Waals surface area contributed by atoms with Crippen LogP contribution in [0.15, 0.2) is 23.3 Å². The van der Waals surface area contributed by atoms with Crippen molar-refractivity contribution in [2.75, 3.05) is 6.61 Å². The lowest BCUT2D eigenvalue weighted by Gasteiger charge is -2.58. The van der Waals surface area contributed by atoms with E-state index in [9.17, 15) is 35.4 Å². The summed E-state index contributed by atoms with van der Waals surface area (Å²) in [5, 5.41) is 62.6. The van der Waals surface area contributed by atoms with Crippen LogP contribution in [0, 0.1) is 28.6 Å². The number of allylic oxidation sites excluding steroid dienone is 3. The molecule has 0 aromatic heterocycles. The zero-order valence-corrected chi connectivity index (χ0v) is 26.1. The van der Waals surface area contributed by atoms with Gasteiger partial charge < -0.3 is 49.6 Å². The van der Waals surface area contributed by atoms with Crippen molar-refractivity contribution in [2.24, 2.45) is 28.6 Å². The summed E-state index contributed by atoms with van der Waals surface area (Å²) < 4.78 is 23.4. The highest BCUT2D eigenvalue weighted by Gasteiger charge is 2.58. The van der Waals surface area contributed by atoms with Crippen LogP contribution in [0.1, 0.15) is 72.6 Å². The maximum absolute atomic E-state index is 12.4. The summed E-state index contributed by atoms with van der Waals surface area (Å²) in [6.07, 6.45) is -2.64. The van der Waals surface area contributed by atoms with E-state index in [1.54, 1.807) is 6.92 Å². The molecule has 11 heteroatoms. The first-order valence-corrected chi connectivity index (χ1v) is 16.3. The number of rotatable bonds is 6. The maximum Gasteiger partial charge on any atom is 0.187 e. The van der Waals surface area contributed by atoms with Gasteiger partial charge in [0.15, 0.2) is 18.4 Å². The van der Waals surface area contributed by atoms with Crippen LogP contribution in [-0.4, -0.2) is 111 Å². The van der Waals surface area contributed by atoms with Crippen LogP contribution >= 0.6 is 0 Å². The van der Waals surface area contributed by atoms with E-state index in [1.807, 2.05) is 0 Å². The van der Waals surface area contributed by atoms with Gasteiger partial charge in [0.25, 0.3) is 0 Å². The summed E-state index contributed by atoms with van der Waals surface area (Å²) in [5.74, 6) is 1.76. The van der Waals surface area contributed by atoms with Gasteiger partial charge in [-0.05, 0) is 93.0 Å². The molecular formula is C33H50O11. The zero-order valence-electron chi connectivity index (χ0n) is 26.1. The second-order valence-electron chi connectivity index (χ2n) is 14.6. The number of hydrogen-bond acceptors (Lipinski definition) is 11. The fourth-order valence-electron chi connectivity index (χ4n) is 9.66. The summed E-state index contributed by atoms with van der Waals surface area (Å²) in [6, 6.07) is 0. The Kier molecular flexibility index (Phi) is 8.97. The fourth-order valence-corrected chi connectivity index (χ4v) is 9.66. The van der Waals surface area contributed by atoms with Crippen LogP contribution in [0.2, 0.25) is 0 Å². The molecule has 16 atom stereocenters. The van der Waals surface area contributed by atoms with E-state index in [1.165, 1.54) is 12.5 Å². The minimum atomic E-state index is -1.61. The number of aliphatic hydroxyl groups excluding tert-OH is 6. The van der Waals surface area contributed by atoms with Crippen molar-refractivity contribution < 1.29 is 54.4 Å². The molecule has 4 fully saturated rings. The lowest BCUT2D eigenvalue weighted by molar-refractivity contribution is -0.360. The number of carbonyl (C=O) groups is 1. The third kappa shape index (κ3) is 5.25. The second kappa shape index (κ2) is 12.1. The molecule has 0 spiro atoms. The molecule has 0 radical (unpaired) electrons. The monoisotopic (exact) mass is 622 g/mol. The van der Waals surface area contributed by atoms with Gasteiger partial charge in [-0.3, -0.25) is 4.79 Å². The van der Waals surface area contributed by atoms with E-state index in [4.69, 9.17) is 18.9 Å². The average molecular weight is 623 g/mol. The van der Waals surface area contributed by atoms with Crippen molar-refractivity contribution in [2.45, 2.75) is 140 Å². The molecule has 11 nitrogen and oxygen atoms in total. The molecule has 16 unspecified atom stereocenters. The Morgan fingerprint density at radius 1 is 0.864 bits per heavy atom. The van der Waals surface area contributed by atoms with Gasteiger partial charge in [0.05, 0.1) is 18.8 Å². The first kappa shape index (κ1) is 32.7. The highest BCUT2D eigenvalue weighted by atomic mass is 16.7. The molecule has 2 saturated heterocycles. The summed E-state index contributed by atoms with van der Waals surface area (Å²) in [7, 11) is 0. The Hall–Kier alpha value is -1.25. The first-order valence-electron chi connectivity index (χ1n) is 16.3. The summed E-state index contributed by atoms with van der Waals surface area (Å²) in [4.78, 5) is 12.4. The second-order valence-corrected chi connectivity index (χ2v) is 14.6. The van der Waals surface area contributed by atoms with Gasteiger partial charge in [-0.15, -0.1) is 0 Å². The predicted molar refractivity (Wildman–Crippen MR) is 156 cm³/mol. The van der Waals surface area contributed by atoms with Gasteiger partial charge in [0.2, 0.25) is 0 Å². The number of ether oxygens (including phenoxy) is 4. The number of fused-ring (bicyclic) bond motifs is 5. The van der Waals surface area contributed by atoms with E-state index in [0.717, 1.165) is 44.1 Å². The van der Waals surface area contributed by atoms with Crippen LogP contribution in [-0.2, 0) is 23.7 Å². The highest BCUT2D eigenvalue weighted by Crippen LogP contribution is 2.65. The molecule has 0 amide bonds. The largest absolute Gasteiger partial charge is 0.394 e. The number of Topliss-reactive ketones (excluding diaryl/α,β-unsaturated/α-hetero) is 1. The van der Waals surface area contributed by atoms with Crippen LogP contribution in [0.4, 0.5) is 0 Å². The van der Waals surface area contributed by atoms with Crippen molar-refractivity contribution in [3.05, 3.63) is 23.3 Å². The zero-order chi connectivity index (χ0) is 31.7. The van der Waals surface area contributed by atoms with E-state index in [0.29, 0.717) is 24.2 Å². The molecular weight excluding hydrogens is 572 g/mol. The lowest BCUT2D eigenvalue weighted by Crippen LogP contribution is -2.64. The maximum atomic E-state index is 12.4. The Labute approximate surface area is 258 Å². The minimum Gasteiger partial charge on any atom is -0.394 e. The van der Waals surface area contributed by atoms with Gasteiger partial charge in [-0.1, -0.05) is 31.6 Å². The molecule has 4 aliphatic carbocycles. The third-order valence-electron chi connectivity index (χ3n) is 12.3. The minimum absolute atomic E-state index is 0.0321. The Bertz CT molecular complexity index is 1150. The quantitative estimate of drug-likeness (QED) is 0.234. The molecule has 6 aliphatic rings.